The quantitative estimate of drug-likeness (QED) is 0.219. The van der Waals surface area contributed by atoms with Gasteiger partial charge < -0.3 is 34.6 Å². The summed E-state index contributed by atoms with van der Waals surface area (Å²) in [6.07, 6.45) is 0.457. The second-order valence-corrected chi connectivity index (χ2v) is 9.61. The molecule has 0 saturated carbocycles. The van der Waals surface area contributed by atoms with Crippen LogP contribution in [0.4, 0.5) is 0 Å². The number of hydrogen-bond donors (Lipinski definition) is 3. The molecular weight excluding hydrogens is 567 g/mol. The number of benzene rings is 1. The number of ether oxygens (including phenoxy) is 3. The second-order valence-electron chi connectivity index (χ2n) is 8.44. The van der Waals surface area contributed by atoms with Crippen LogP contribution in [0.15, 0.2) is 35.9 Å². The van der Waals surface area contributed by atoms with E-state index >= 15 is 0 Å². The number of hydrogen-bond acceptors (Lipinski definition) is 7. The van der Waals surface area contributed by atoms with Crippen molar-refractivity contribution < 1.29 is 34.0 Å². The maximum absolute atomic E-state index is 13.1. The third-order valence-corrected chi connectivity index (χ3v) is 6.35. The van der Waals surface area contributed by atoms with Crippen LogP contribution in [-0.4, -0.2) is 90.8 Å². The van der Waals surface area contributed by atoms with Gasteiger partial charge in [0.25, 0.3) is 0 Å². The van der Waals surface area contributed by atoms with Gasteiger partial charge in [0.1, 0.15) is 24.6 Å². The lowest BCUT2D eigenvalue weighted by Crippen LogP contribution is -2.56. The molecule has 3 N–H and O–H groups in total. The summed E-state index contributed by atoms with van der Waals surface area (Å²) in [7, 11) is 0. The van der Waals surface area contributed by atoms with E-state index in [0.717, 1.165) is 3.57 Å². The summed E-state index contributed by atoms with van der Waals surface area (Å²) in [5.74, 6) is -0.0696. The van der Waals surface area contributed by atoms with Crippen LogP contribution in [0.3, 0.4) is 0 Å². The van der Waals surface area contributed by atoms with E-state index in [2.05, 4.69) is 27.9 Å². The largest absolute Gasteiger partial charge is 0.482 e. The number of nitrogens with one attached hydrogen (secondary N) is 1. The van der Waals surface area contributed by atoms with Crippen molar-refractivity contribution >= 4 is 34.4 Å². The third kappa shape index (κ3) is 9.34. The Hall–Kier alpha value is -1.73. The molecule has 0 bridgehead atoms. The average molecular weight is 604 g/mol. The van der Waals surface area contributed by atoms with Gasteiger partial charge >= 0.3 is 0 Å². The standard InChI is InChI=1S/C25H37IN2O7/c1-4-33-16-23(30)28(11-7-13-34-17(2)3)20-14-18(25(32)27-10-12-29)15-22(24(20)31)35-21-9-6-5-8-19(21)26/h5-6,8-9,15,17,20,22,24,29,31H,4,7,10-14,16H2,1-3H3,(H,27,32). The molecule has 1 aromatic carbocycles. The highest BCUT2D eigenvalue weighted by atomic mass is 127. The molecule has 0 radical (unpaired) electrons. The lowest BCUT2D eigenvalue weighted by atomic mass is 9.88. The van der Waals surface area contributed by atoms with Gasteiger partial charge in [0.05, 0.1) is 22.3 Å². The van der Waals surface area contributed by atoms with E-state index in [-0.39, 0.29) is 44.1 Å². The zero-order valence-corrected chi connectivity index (χ0v) is 22.8. The van der Waals surface area contributed by atoms with E-state index in [4.69, 9.17) is 19.3 Å². The number of rotatable bonds is 14. The minimum absolute atomic E-state index is 0.0683. The van der Waals surface area contributed by atoms with E-state index in [1.807, 2.05) is 32.0 Å². The number of carbonyl (C=O) groups is 2. The third-order valence-electron chi connectivity index (χ3n) is 5.46. The molecule has 196 valence electrons. The highest BCUT2D eigenvalue weighted by molar-refractivity contribution is 14.1. The molecule has 0 spiro atoms. The zero-order chi connectivity index (χ0) is 25.8. The molecule has 0 aromatic heterocycles. The minimum atomic E-state index is -1.07. The van der Waals surface area contributed by atoms with Gasteiger partial charge in [-0.25, -0.2) is 0 Å². The molecule has 9 nitrogen and oxygen atoms in total. The van der Waals surface area contributed by atoms with Gasteiger partial charge in [0.15, 0.2) is 0 Å². The molecule has 35 heavy (non-hydrogen) atoms. The Bertz CT molecular complexity index is 849. The van der Waals surface area contributed by atoms with E-state index < -0.39 is 18.2 Å². The van der Waals surface area contributed by atoms with Crippen molar-refractivity contribution in [3.05, 3.63) is 39.5 Å². The number of halogens is 1. The topological polar surface area (TPSA) is 118 Å². The van der Waals surface area contributed by atoms with Crippen LogP contribution >= 0.6 is 22.6 Å². The first-order chi connectivity index (χ1) is 16.8. The molecule has 3 unspecified atom stereocenters. The number of aliphatic hydroxyl groups is 2. The van der Waals surface area contributed by atoms with Gasteiger partial charge in [-0.3, -0.25) is 9.59 Å². The Labute approximate surface area is 220 Å². The number of carbonyl (C=O) groups excluding carboxylic acids is 2. The van der Waals surface area contributed by atoms with Gasteiger partial charge in [0.2, 0.25) is 11.8 Å². The molecule has 1 aliphatic carbocycles. The molecule has 1 aromatic rings. The molecule has 10 heteroatoms. The summed E-state index contributed by atoms with van der Waals surface area (Å²) in [5, 5.41) is 23.1. The lowest BCUT2D eigenvalue weighted by Gasteiger charge is -2.40. The van der Waals surface area contributed by atoms with E-state index in [1.165, 1.54) is 0 Å². The highest BCUT2D eigenvalue weighted by Crippen LogP contribution is 2.29. The van der Waals surface area contributed by atoms with Gasteiger partial charge in [0, 0.05) is 38.3 Å². The summed E-state index contributed by atoms with van der Waals surface area (Å²) < 4.78 is 18.0. The van der Waals surface area contributed by atoms with E-state index in [1.54, 1.807) is 24.0 Å². The Kier molecular flexibility index (Phi) is 13.0. The fourth-order valence-electron chi connectivity index (χ4n) is 3.77. The Morgan fingerprint density at radius 1 is 1.29 bits per heavy atom. The molecule has 0 aliphatic heterocycles. The van der Waals surface area contributed by atoms with Crippen LogP contribution < -0.4 is 10.1 Å². The van der Waals surface area contributed by atoms with E-state index in [0.29, 0.717) is 37.5 Å². The normalized spacial score (nSPS) is 19.9. The van der Waals surface area contributed by atoms with Crippen LogP contribution in [0.5, 0.6) is 5.75 Å². The first-order valence-electron chi connectivity index (χ1n) is 12.0. The van der Waals surface area contributed by atoms with Crippen LogP contribution in [0.25, 0.3) is 0 Å². The molecule has 3 atom stereocenters. The fourth-order valence-corrected chi connectivity index (χ4v) is 4.28. The van der Waals surface area contributed by atoms with Crippen molar-refractivity contribution in [1.82, 2.24) is 10.2 Å². The van der Waals surface area contributed by atoms with Crippen LogP contribution in [-0.2, 0) is 19.1 Å². The molecular formula is C25H37IN2O7. The Balaban J connectivity index is 2.32. The Morgan fingerprint density at radius 3 is 2.69 bits per heavy atom. The highest BCUT2D eigenvalue weighted by Gasteiger charge is 2.40. The number of para-hydroxylation sites is 1. The van der Waals surface area contributed by atoms with Crippen molar-refractivity contribution in [1.29, 1.82) is 0 Å². The maximum Gasteiger partial charge on any atom is 0.248 e. The molecule has 0 saturated heterocycles. The van der Waals surface area contributed by atoms with Crippen LogP contribution in [0.1, 0.15) is 33.6 Å². The summed E-state index contributed by atoms with van der Waals surface area (Å²) >= 11 is 2.14. The van der Waals surface area contributed by atoms with E-state index in [9.17, 15) is 14.7 Å². The SMILES string of the molecule is CCOCC(=O)N(CCCOC(C)C)C1CC(C(=O)NCCO)=CC(Oc2ccccc2I)C1O. The van der Waals surface area contributed by atoms with Gasteiger partial charge in [-0.15, -0.1) is 0 Å². The fraction of sp³-hybridized carbons (Fsp3) is 0.600. The lowest BCUT2D eigenvalue weighted by molar-refractivity contribution is -0.143. The summed E-state index contributed by atoms with van der Waals surface area (Å²) in [6.45, 7) is 6.66. The van der Waals surface area contributed by atoms with Crippen molar-refractivity contribution in [2.24, 2.45) is 0 Å². The minimum Gasteiger partial charge on any atom is -0.482 e. The number of amides is 2. The Morgan fingerprint density at radius 2 is 2.03 bits per heavy atom. The van der Waals surface area contributed by atoms with Gasteiger partial charge in [-0.1, -0.05) is 12.1 Å². The van der Waals surface area contributed by atoms with Crippen molar-refractivity contribution in [2.75, 3.05) is 39.5 Å². The van der Waals surface area contributed by atoms with Crippen molar-refractivity contribution in [2.45, 2.75) is 58.0 Å². The summed E-state index contributed by atoms with van der Waals surface area (Å²) in [5.41, 5.74) is 0.386. The predicted octanol–water partition coefficient (Wildman–Crippen LogP) is 1.89. The molecule has 0 fully saturated rings. The second kappa shape index (κ2) is 15.4. The van der Waals surface area contributed by atoms with Crippen LogP contribution in [0.2, 0.25) is 0 Å². The number of nitrogens with zero attached hydrogens (tertiary/aromatic N) is 1. The molecule has 2 amide bonds. The maximum atomic E-state index is 13.1. The van der Waals surface area contributed by atoms with Gasteiger partial charge in [-0.05, 0) is 68.0 Å². The molecule has 2 rings (SSSR count). The van der Waals surface area contributed by atoms with Gasteiger partial charge in [-0.2, -0.15) is 0 Å². The molecule has 0 heterocycles. The summed E-state index contributed by atoms with van der Waals surface area (Å²) in [6, 6.07) is 6.68. The summed E-state index contributed by atoms with van der Waals surface area (Å²) in [4.78, 5) is 27.5. The average Bonchev–Trinajstić information content (AvgIpc) is 2.83. The van der Waals surface area contributed by atoms with Crippen LogP contribution in [0, 0.1) is 3.57 Å². The predicted molar refractivity (Wildman–Crippen MR) is 140 cm³/mol. The smallest absolute Gasteiger partial charge is 0.248 e. The zero-order valence-electron chi connectivity index (χ0n) is 20.6. The van der Waals surface area contributed by atoms with Crippen molar-refractivity contribution in [3.63, 3.8) is 0 Å². The van der Waals surface area contributed by atoms with Crippen molar-refractivity contribution in [3.8, 4) is 5.75 Å². The monoisotopic (exact) mass is 604 g/mol. The first-order valence-corrected chi connectivity index (χ1v) is 13.0. The number of aliphatic hydroxyl groups excluding tert-OH is 2. The molecule has 1 aliphatic rings. The first kappa shape index (κ1) is 29.5.